The van der Waals surface area contributed by atoms with Gasteiger partial charge >= 0.3 is 0 Å². The molecule has 0 amide bonds. The molecule has 0 saturated heterocycles. The van der Waals surface area contributed by atoms with Gasteiger partial charge in [0.2, 0.25) is 0 Å². The largest absolute Gasteiger partial charge is 0.494 e. The Hall–Kier alpha value is -0.440. The molecule has 78 valence electrons. The number of ether oxygens (including phenoxy) is 1. The smallest absolute Gasteiger partial charge is 0.156 e. The first-order valence-corrected chi connectivity index (χ1v) is 4.97. The molecule has 0 saturated carbocycles. The Bertz CT molecular complexity index is 326. The number of rotatable bonds is 3. The lowest BCUT2D eigenvalue weighted by Crippen LogP contribution is -2.11. The minimum atomic E-state index is 0.542. The highest BCUT2D eigenvalue weighted by Gasteiger charge is 2.11. The van der Waals surface area contributed by atoms with Crippen molar-refractivity contribution in [2.45, 2.75) is 6.54 Å². The zero-order valence-corrected chi connectivity index (χ0v) is 9.99. The molecule has 0 aliphatic carbocycles. The molecule has 0 N–H and O–H groups in total. The zero-order chi connectivity index (χ0) is 10.7. The van der Waals surface area contributed by atoms with E-state index in [1.165, 1.54) is 0 Å². The van der Waals surface area contributed by atoms with Gasteiger partial charge < -0.3 is 9.64 Å². The van der Waals surface area contributed by atoms with Crippen LogP contribution in [-0.4, -0.2) is 26.1 Å². The molecular formula is C10H13Cl2NO. The molecule has 1 aromatic carbocycles. The number of methoxy groups -OCH3 is 1. The van der Waals surface area contributed by atoms with Crippen LogP contribution in [0.5, 0.6) is 5.75 Å². The Morgan fingerprint density at radius 2 is 1.93 bits per heavy atom. The van der Waals surface area contributed by atoms with Gasteiger partial charge in [0.25, 0.3) is 0 Å². The van der Waals surface area contributed by atoms with Crippen LogP contribution in [0.15, 0.2) is 12.1 Å². The maximum atomic E-state index is 6.12. The summed E-state index contributed by atoms with van der Waals surface area (Å²) in [7, 11) is 5.53. The molecule has 14 heavy (non-hydrogen) atoms. The number of hydrogen-bond acceptors (Lipinski definition) is 2. The number of benzene rings is 1. The molecule has 0 spiro atoms. The van der Waals surface area contributed by atoms with E-state index >= 15 is 0 Å². The van der Waals surface area contributed by atoms with Crippen molar-refractivity contribution in [2.24, 2.45) is 0 Å². The topological polar surface area (TPSA) is 12.5 Å². The summed E-state index contributed by atoms with van der Waals surface area (Å²) in [6.07, 6.45) is 0. The Kier molecular flexibility index (Phi) is 4.05. The monoisotopic (exact) mass is 233 g/mol. The third-order valence-electron chi connectivity index (χ3n) is 1.82. The lowest BCUT2D eigenvalue weighted by atomic mass is 10.2. The molecule has 0 heterocycles. The quantitative estimate of drug-likeness (QED) is 0.796. The molecule has 0 aliphatic heterocycles. The SMILES string of the molecule is COc1c(Cl)ccc(CN(C)C)c1Cl. The molecule has 1 rings (SSSR count). The van der Waals surface area contributed by atoms with Crippen molar-refractivity contribution >= 4 is 23.2 Å². The van der Waals surface area contributed by atoms with E-state index in [0.29, 0.717) is 15.8 Å². The molecule has 2 nitrogen and oxygen atoms in total. The van der Waals surface area contributed by atoms with E-state index in [-0.39, 0.29) is 0 Å². The summed E-state index contributed by atoms with van der Waals surface area (Å²) in [6, 6.07) is 3.71. The summed E-state index contributed by atoms with van der Waals surface area (Å²) in [4.78, 5) is 2.04. The fourth-order valence-corrected chi connectivity index (χ4v) is 1.81. The molecule has 0 aliphatic rings. The Morgan fingerprint density at radius 1 is 1.29 bits per heavy atom. The highest BCUT2D eigenvalue weighted by Crippen LogP contribution is 2.35. The van der Waals surface area contributed by atoms with Crippen LogP contribution in [0.1, 0.15) is 5.56 Å². The van der Waals surface area contributed by atoms with Gasteiger partial charge in [0, 0.05) is 6.54 Å². The van der Waals surface area contributed by atoms with Crippen LogP contribution in [0.3, 0.4) is 0 Å². The third kappa shape index (κ3) is 2.53. The molecule has 0 unspecified atom stereocenters. The first kappa shape index (κ1) is 11.6. The highest BCUT2D eigenvalue weighted by molar-refractivity contribution is 6.37. The van der Waals surface area contributed by atoms with Gasteiger partial charge in [-0.05, 0) is 25.7 Å². The maximum Gasteiger partial charge on any atom is 0.156 e. The number of halogens is 2. The molecule has 0 aromatic heterocycles. The van der Waals surface area contributed by atoms with E-state index < -0.39 is 0 Å². The summed E-state index contributed by atoms with van der Waals surface area (Å²) < 4.78 is 5.12. The Labute approximate surface area is 94.4 Å². The van der Waals surface area contributed by atoms with Crippen LogP contribution in [0.25, 0.3) is 0 Å². The molecule has 4 heteroatoms. The van der Waals surface area contributed by atoms with E-state index in [4.69, 9.17) is 27.9 Å². The lowest BCUT2D eigenvalue weighted by molar-refractivity contribution is 0.395. The van der Waals surface area contributed by atoms with Gasteiger partial charge in [0.1, 0.15) is 0 Å². The summed E-state index contributed by atoms with van der Waals surface area (Å²) in [6.45, 7) is 0.770. The number of nitrogens with zero attached hydrogens (tertiary/aromatic N) is 1. The molecule has 0 atom stereocenters. The van der Waals surface area contributed by atoms with E-state index in [0.717, 1.165) is 12.1 Å². The summed E-state index contributed by atoms with van der Waals surface area (Å²) in [5, 5.41) is 1.13. The molecule has 0 radical (unpaired) electrons. The van der Waals surface area contributed by atoms with Gasteiger partial charge in [0.05, 0.1) is 17.2 Å². The van der Waals surface area contributed by atoms with Gasteiger partial charge in [-0.2, -0.15) is 0 Å². The van der Waals surface area contributed by atoms with E-state index in [1.54, 1.807) is 13.2 Å². The fourth-order valence-electron chi connectivity index (χ4n) is 1.22. The van der Waals surface area contributed by atoms with Crippen LogP contribution in [0, 0.1) is 0 Å². The molecule has 0 bridgehead atoms. The molecule has 0 fully saturated rings. The van der Waals surface area contributed by atoms with Crippen molar-refractivity contribution in [3.8, 4) is 5.75 Å². The van der Waals surface area contributed by atoms with Crippen LogP contribution in [0.2, 0.25) is 10.0 Å². The third-order valence-corrected chi connectivity index (χ3v) is 2.53. The predicted octanol–water partition coefficient (Wildman–Crippen LogP) is 3.06. The molecular weight excluding hydrogens is 221 g/mol. The summed E-state index contributed by atoms with van der Waals surface area (Å²) in [5.41, 5.74) is 1.01. The van der Waals surface area contributed by atoms with Crippen molar-refractivity contribution in [3.05, 3.63) is 27.7 Å². The van der Waals surface area contributed by atoms with Crippen molar-refractivity contribution in [1.29, 1.82) is 0 Å². The minimum absolute atomic E-state index is 0.542. The van der Waals surface area contributed by atoms with Crippen molar-refractivity contribution in [3.63, 3.8) is 0 Å². The van der Waals surface area contributed by atoms with Crippen LogP contribution in [0.4, 0.5) is 0 Å². The first-order valence-electron chi connectivity index (χ1n) is 4.22. The second kappa shape index (κ2) is 4.87. The van der Waals surface area contributed by atoms with Crippen LogP contribution >= 0.6 is 23.2 Å². The van der Waals surface area contributed by atoms with E-state index in [1.807, 2.05) is 25.1 Å². The Morgan fingerprint density at radius 3 is 2.43 bits per heavy atom. The maximum absolute atomic E-state index is 6.12. The lowest BCUT2D eigenvalue weighted by Gasteiger charge is -2.14. The second-order valence-corrected chi connectivity index (χ2v) is 4.08. The van der Waals surface area contributed by atoms with E-state index in [2.05, 4.69) is 0 Å². The van der Waals surface area contributed by atoms with Crippen LogP contribution in [-0.2, 0) is 6.54 Å². The van der Waals surface area contributed by atoms with Gasteiger partial charge in [-0.15, -0.1) is 0 Å². The zero-order valence-electron chi connectivity index (χ0n) is 8.47. The van der Waals surface area contributed by atoms with Crippen molar-refractivity contribution in [1.82, 2.24) is 4.90 Å². The molecule has 1 aromatic rings. The minimum Gasteiger partial charge on any atom is -0.494 e. The number of hydrogen-bond donors (Lipinski definition) is 0. The highest BCUT2D eigenvalue weighted by atomic mass is 35.5. The predicted molar refractivity (Wildman–Crippen MR) is 60.4 cm³/mol. The average molecular weight is 234 g/mol. The Balaban J connectivity index is 3.08. The van der Waals surface area contributed by atoms with Gasteiger partial charge in [0.15, 0.2) is 5.75 Å². The van der Waals surface area contributed by atoms with Crippen molar-refractivity contribution in [2.75, 3.05) is 21.2 Å². The van der Waals surface area contributed by atoms with Gasteiger partial charge in [-0.25, -0.2) is 0 Å². The van der Waals surface area contributed by atoms with Crippen LogP contribution < -0.4 is 4.74 Å². The normalized spacial score (nSPS) is 10.7. The van der Waals surface area contributed by atoms with Gasteiger partial charge in [-0.3, -0.25) is 0 Å². The average Bonchev–Trinajstić information content (AvgIpc) is 2.10. The van der Waals surface area contributed by atoms with Gasteiger partial charge in [-0.1, -0.05) is 29.3 Å². The summed E-state index contributed by atoms with van der Waals surface area (Å²) >= 11 is 12.0. The first-order chi connectivity index (χ1) is 6.56. The second-order valence-electron chi connectivity index (χ2n) is 3.29. The van der Waals surface area contributed by atoms with E-state index in [9.17, 15) is 0 Å². The van der Waals surface area contributed by atoms with Crippen molar-refractivity contribution < 1.29 is 4.74 Å². The fraction of sp³-hybridized carbons (Fsp3) is 0.400. The standard InChI is InChI=1S/C10H13Cl2NO/c1-13(2)6-7-4-5-8(11)10(14-3)9(7)12/h4-5H,6H2,1-3H3. The summed E-state index contributed by atoms with van der Waals surface area (Å²) in [5.74, 6) is 0.549.